The molecule has 0 aliphatic rings. The minimum atomic E-state index is -0.344. The van der Waals surface area contributed by atoms with Gasteiger partial charge in [-0.1, -0.05) is 105 Å². The van der Waals surface area contributed by atoms with Crippen LogP contribution in [0, 0.1) is 0 Å². The first-order valence-corrected chi connectivity index (χ1v) is 17.3. The van der Waals surface area contributed by atoms with Gasteiger partial charge in [0.1, 0.15) is 0 Å². The van der Waals surface area contributed by atoms with Crippen molar-refractivity contribution in [3.05, 3.63) is 35.4 Å². The molecule has 7 heteroatoms. The fourth-order valence-corrected chi connectivity index (χ4v) is 4.99. The molecule has 2 rings (SSSR count). The van der Waals surface area contributed by atoms with E-state index in [0.717, 1.165) is 103 Å². The smallest absolute Gasteiger partial charge is 0.204 e. The van der Waals surface area contributed by atoms with E-state index in [0.29, 0.717) is 26.4 Å². The Hall–Kier alpha value is -3.09. The standard InChI is InChI=1S/C37H58O7/c1-5-9-13-17-25-41-34-29(21-23-31(38)36(34)43-27-19-15-11-7-3)33(40)30-22-24-32(39)37(44-28-20-16-12-8-4)35(30)42-26-18-14-10-6-2/h21-24,38-39H,5-20,25-28H2,1-4H3. The summed E-state index contributed by atoms with van der Waals surface area (Å²) in [6.07, 6.45) is 16.3. The lowest BCUT2D eigenvalue weighted by atomic mass is 9.99. The number of rotatable bonds is 26. The summed E-state index contributed by atoms with van der Waals surface area (Å²) in [4.78, 5) is 14.3. The molecular weight excluding hydrogens is 556 g/mol. The molecule has 2 aromatic carbocycles. The van der Waals surface area contributed by atoms with Crippen molar-refractivity contribution in [1.29, 1.82) is 0 Å². The van der Waals surface area contributed by atoms with E-state index in [-0.39, 0.29) is 51.4 Å². The van der Waals surface area contributed by atoms with Gasteiger partial charge in [0.15, 0.2) is 23.0 Å². The monoisotopic (exact) mass is 614 g/mol. The summed E-state index contributed by atoms with van der Waals surface area (Å²) < 4.78 is 24.5. The van der Waals surface area contributed by atoms with Gasteiger partial charge in [-0.05, 0) is 49.9 Å². The summed E-state index contributed by atoms with van der Waals surface area (Å²) in [5, 5.41) is 21.6. The van der Waals surface area contributed by atoms with Crippen molar-refractivity contribution >= 4 is 5.78 Å². The van der Waals surface area contributed by atoms with Crippen molar-refractivity contribution in [3.8, 4) is 34.5 Å². The molecule has 0 unspecified atom stereocenters. The molecule has 7 nitrogen and oxygen atoms in total. The Bertz CT molecular complexity index is 999. The molecule has 0 amide bonds. The third-order valence-electron chi connectivity index (χ3n) is 7.65. The van der Waals surface area contributed by atoms with Crippen LogP contribution in [0.3, 0.4) is 0 Å². The Morgan fingerprint density at radius 2 is 0.750 bits per heavy atom. The summed E-state index contributed by atoms with van der Waals surface area (Å²) in [6, 6.07) is 6.11. The van der Waals surface area contributed by atoms with Crippen LogP contribution in [0.4, 0.5) is 0 Å². The zero-order valence-electron chi connectivity index (χ0n) is 27.9. The van der Waals surface area contributed by atoms with Gasteiger partial charge < -0.3 is 29.2 Å². The van der Waals surface area contributed by atoms with Crippen molar-refractivity contribution in [3.63, 3.8) is 0 Å². The number of unbranched alkanes of at least 4 members (excludes halogenated alkanes) is 12. The van der Waals surface area contributed by atoms with E-state index < -0.39 is 0 Å². The zero-order valence-corrected chi connectivity index (χ0v) is 27.9. The van der Waals surface area contributed by atoms with E-state index in [2.05, 4.69) is 27.7 Å². The fraction of sp³-hybridized carbons (Fsp3) is 0.649. The minimum absolute atomic E-state index is 0.0604. The van der Waals surface area contributed by atoms with Gasteiger partial charge in [-0.25, -0.2) is 0 Å². The van der Waals surface area contributed by atoms with Crippen LogP contribution >= 0.6 is 0 Å². The van der Waals surface area contributed by atoms with E-state index >= 15 is 0 Å². The highest BCUT2D eigenvalue weighted by Crippen LogP contribution is 2.45. The molecule has 0 atom stereocenters. The van der Waals surface area contributed by atoms with Crippen LogP contribution in [0.1, 0.15) is 146 Å². The first-order chi connectivity index (χ1) is 21.5. The van der Waals surface area contributed by atoms with Crippen molar-refractivity contribution in [1.82, 2.24) is 0 Å². The molecule has 248 valence electrons. The predicted octanol–water partition coefficient (Wildman–Crippen LogP) is 10.2. The highest BCUT2D eigenvalue weighted by Gasteiger charge is 2.27. The van der Waals surface area contributed by atoms with E-state index in [1.165, 1.54) is 12.1 Å². The van der Waals surface area contributed by atoms with Crippen molar-refractivity contribution in [2.24, 2.45) is 0 Å². The van der Waals surface area contributed by atoms with Crippen LogP contribution in [-0.4, -0.2) is 42.4 Å². The maximum Gasteiger partial charge on any atom is 0.204 e. The number of hydrogen-bond donors (Lipinski definition) is 2. The molecule has 0 aliphatic heterocycles. The van der Waals surface area contributed by atoms with E-state index in [1.54, 1.807) is 12.1 Å². The molecule has 0 aliphatic carbocycles. The van der Waals surface area contributed by atoms with Gasteiger partial charge >= 0.3 is 0 Å². The van der Waals surface area contributed by atoms with Crippen LogP contribution in [0.5, 0.6) is 34.5 Å². The lowest BCUT2D eigenvalue weighted by Gasteiger charge is -2.20. The molecule has 0 fully saturated rings. The summed E-state index contributed by atoms with van der Waals surface area (Å²) in [5.41, 5.74) is 0.550. The van der Waals surface area contributed by atoms with Crippen LogP contribution in [0.25, 0.3) is 0 Å². The fourth-order valence-electron chi connectivity index (χ4n) is 4.99. The first-order valence-electron chi connectivity index (χ1n) is 17.3. The number of hydrogen-bond acceptors (Lipinski definition) is 7. The third kappa shape index (κ3) is 12.5. The Balaban J connectivity index is 2.46. The van der Waals surface area contributed by atoms with E-state index in [9.17, 15) is 15.0 Å². The van der Waals surface area contributed by atoms with Crippen LogP contribution in [-0.2, 0) is 0 Å². The lowest BCUT2D eigenvalue weighted by Crippen LogP contribution is -2.12. The van der Waals surface area contributed by atoms with E-state index in [4.69, 9.17) is 18.9 Å². The second-order valence-electron chi connectivity index (χ2n) is 11.5. The lowest BCUT2D eigenvalue weighted by molar-refractivity contribution is 0.102. The largest absolute Gasteiger partial charge is 0.504 e. The number of phenolic OH excluding ortho intramolecular Hbond substituents is 2. The number of benzene rings is 2. The van der Waals surface area contributed by atoms with Gasteiger partial charge in [0.2, 0.25) is 17.3 Å². The zero-order chi connectivity index (χ0) is 32.0. The maximum absolute atomic E-state index is 14.3. The molecule has 0 aromatic heterocycles. The number of phenols is 2. The summed E-state index contributed by atoms with van der Waals surface area (Å²) >= 11 is 0. The molecule has 0 saturated carbocycles. The molecule has 0 heterocycles. The van der Waals surface area contributed by atoms with Gasteiger partial charge in [-0.2, -0.15) is 0 Å². The average molecular weight is 615 g/mol. The molecule has 44 heavy (non-hydrogen) atoms. The van der Waals surface area contributed by atoms with Gasteiger partial charge in [0.25, 0.3) is 0 Å². The number of ether oxygens (including phenoxy) is 4. The average Bonchev–Trinajstić information content (AvgIpc) is 3.02. The third-order valence-corrected chi connectivity index (χ3v) is 7.65. The van der Waals surface area contributed by atoms with Gasteiger partial charge in [0, 0.05) is 0 Å². The molecule has 0 spiro atoms. The molecular formula is C37H58O7. The maximum atomic E-state index is 14.3. The normalized spacial score (nSPS) is 11.0. The SMILES string of the molecule is CCCCCCOc1c(O)ccc(C(=O)c2ccc(O)c(OCCCCCC)c2OCCCCCC)c1OCCCCCC. The number of carbonyl (C=O) groups excluding carboxylic acids is 1. The van der Waals surface area contributed by atoms with Crippen molar-refractivity contribution in [2.45, 2.75) is 130 Å². The molecule has 0 radical (unpaired) electrons. The van der Waals surface area contributed by atoms with Crippen LogP contribution in [0.2, 0.25) is 0 Å². The molecule has 2 N–H and O–H groups in total. The van der Waals surface area contributed by atoms with E-state index in [1.807, 2.05) is 0 Å². The van der Waals surface area contributed by atoms with Crippen LogP contribution < -0.4 is 18.9 Å². The Kier molecular flexibility index (Phi) is 18.9. The second kappa shape index (κ2) is 22.4. The minimum Gasteiger partial charge on any atom is -0.504 e. The number of aromatic hydroxyl groups is 2. The highest BCUT2D eigenvalue weighted by atomic mass is 16.5. The second-order valence-corrected chi connectivity index (χ2v) is 11.5. The number of ketones is 1. The Morgan fingerprint density at radius 1 is 0.455 bits per heavy atom. The van der Waals surface area contributed by atoms with Gasteiger partial charge in [-0.3, -0.25) is 4.79 Å². The molecule has 2 aromatic rings. The summed E-state index contributed by atoms with van der Waals surface area (Å²) in [7, 11) is 0. The summed E-state index contributed by atoms with van der Waals surface area (Å²) in [6.45, 7) is 10.3. The Morgan fingerprint density at radius 3 is 1.05 bits per heavy atom. The molecule has 0 bridgehead atoms. The summed E-state index contributed by atoms with van der Waals surface area (Å²) in [5.74, 6) is 0.400. The Labute approximate surface area is 266 Å². The van der Waals surface area contributed by atoms with Crippen molar-refractivity contribution < 1.29 is 34.0 Å². The topological polar surface area (TPSA) is 94.5 Å². The van der Waals surface area contributed by atoms with Gasteiger partial charge in [0.05, 0.1) is 37.6 Å². The predicted molar refractivity (Wildman–Crippen MR) is 178 cm³/mol. The van der Waals surface area contributed by atoms with Crippen LogP contribution in [0.15, 0.2) is 24.3 Å². The van der Waals surface area contributed by atoms with Crippen molar-refractivity contribution in [2.75, 3.05) is 26.4 Å². The van der Waals surface area contributed by atoms with Gasteiger partial charge in [-0.15, -0.1) is 0 Å². The first kappa shape index (κ1) is 37.1. The highest BCUT2D eigenvalue weighted by molar-refractivity contribution is 6.13. The number of carbonyl (C=O) groups is 1. The quantitative estimate of drug-likeness (QED) is 0.0804. The molecule has 0 saturated heterocycles.